The Labute approximate surface area is 141 Å². The number of nitrogens with one attached hydrogen (secondary N) is 1. The molecule has 0 aliphatic carbocycles. The van der Waals surface area contributed by atoms with Crippen LogP contribution in [-0.4, -0.2) is 12.1 Å². The summed E-state index contributed by atoms with van der Waals surface area (Å²) < 4.78 is 20.0. The zero-order valence-corrected chi connectivity index (χ0v) is 14.0. The van der Waals surface area contributed by atoms with E-state index in [2.05, 4.69) is 4.98 Å². The zero-order valence-electron chi connectivity index (χ0n) is 13.1. The first-order chi connectivity index (χ1) is 11.6. The number of benzene rings is 2. The van der Waals surface area contributed by atoms with Gasteiger partial charge in [0.1, 0.15) is 16.3 Å². The molecular formula is C19H14FNO2S. The Morgan fingerprint density at radius 2 is 2.04 bits per heavy atom. The van der Waals surface area contributed by atoms with E-state index in [0.29, 0.717) is 10.4 Å². The van der Waals surface area contributed by atoms with Crippen molar-refractivity contribution in [1.82, 2.24) is 4.98 Å². The van der Waals surface area contributed by atoms with Crippen molar-refractivity contribution in [3.8, 4) is 16.9 Å². The van der Waals surface area contributed by atoms with Crippen molar-refractivity contribution in [3.63, 3.8) is 0 Å². The summed E-state index contributed by atoms with van der Waals surface area (Å²) in [5, 5.41) is 3.64. The third-order valence-electron chi connectivity index (χ3n) is 4.20. The summed E-state index contributed by atoms with van der Waals surface area (Å²) in [7, 11) is 1.60. The summed E-state index contributed by atoms with van der Waals surface area (Å²) in [4.78, 5) is 15.3. The predicted octanol–water partition coefficient (Wildman–Crippen LogP) is 4.87. The molecule has 0 aliphatic rings. The Morgan fingerprint density at radius 3 is 2.79 bits per heavy atom. The van der Waals surface area contributed by atoms with Gasteiger partial charge in [-0.2, -0.15) is 0 Å². The van der Waals surface area contributed by atoms with Gasteiger partial charge in [-0.3, -0.25) is 4.79 Å². The molecule has 0 unspecified atom stereocenters. The molecule has 0 saturated carbocycles. The number of aromatic nitrogens is 1. The van der Waals surface area contributed by atoms with E-state index in [1.165, 1.54) is 23.5 Å². The quantitative estimate of drug-likeness (QED) is 0.566. The number of rotatable bonds is 2. The Morgan fingerprint density at radius 1 is 1.21 bits per heavy atom. The molecule has 0 aliphatic heterocycles. The number of H-pyrrole nitrogens is 1. The number of thiophene rings is 1. The maximum Gasteiger partial charge on any atom is 0.266 e. The fourth-order valence-corrected chi connectivity index (χ4v) is 3.96. The van der Waals surface area contributed by atoms with Gasteiger partial charge in [-0.05, 0) is 47.7 Å². The molecule has 5 heteroatoms. The number of halogens is 1. The van der Waals surface area contributed by atoms with Gasteiger partial charge in [-0.15, -0.1) is 11.3 Å². The summed E-state index contributed by atoms with van der Waals surface area (Å²) >= 11 is 1.40. The third kappa shape index (κ3) is 2.12. The topological polar surface area (TPSA) is 42.1 Å². The first-order valence-corrected chi connectivity index (χ1v) is 8.35. The first-order valence-electron chi connectivity index (χ1n) is 7.47. The number of fused-ring (bicyclic) bond motifs is 3. The summed E-state index contributed by atoms with van der Waals surface area (Å²) in [6.07, 6.45) is 0. The molecule has 2 heterocycles. The molecule has 0 radical (unpaired) electrons. The summed E-state index contributed by atoms with van der Waals surface area (Å²) in [6, 6.07) is 10.2. The number of methoxy groups -OCH3 is 1. The van der Waals surface area contributed by atoms with Gasteiger partial charge in [-0.1, -0.05) is 12.1 Å². The van der Waals surface area contributed by atoms with Gasteiger partial charge in [-0.25, -0.2) is 4.39 Å². The van der Waals surface area contributed by atoms with E-state index < -0.39 is 0 Å². The highest BCUT2D eigenvalue weighted by Gasteiger charge is 2.18. The second kappa shape index (κ2) is 5.46. The highest BCUT2D eigenvalue weighted by molar-refractivity contribution is 7.17. The number of pyridine rings is 1. The molecule has 3 nitrogen and oxygen atoms in total. The molecular weight excluding hydrogens is 325 g/mol. The summed E-state index contributed by atoms with van der Waals surface area (Å²) in [5.74, 6) is 0.347. The lowest BCUT2D eigenvalue weighted by atomic mass is 9.95. The minimum Gasteiger partial charge on any atom is -0.496 e. The maximum atomic E-state index is 13.8. The van der Waals surface area contributed by atoms with Gasteiger partial charge in [0, 0.05) is 16.3 Å². The second-order valence-corrected chi connectivity index (χ2v) is 6.56. The van der Waals surface area contributed by atoms with E-state index in [-0.39, 0.29) is 11.4 Å². The van der Waals surface area contributed by atoms with E-state index in [1.54, 1.807) is 13.2 Å². The second-order valence-electron chi connectivity index (χ2n) is 5.65. The molecule has 4 rings (SSSR count). The largest absolute Gasteiger partial charge is 0.496 e. The molecule has 0 amide bonds. The Kier molecular flexibility index (Phi) is 3.39. The molecule has 0 fully saturated rings. The van der Waals surface area contributed by atoms with Gasteiger partial charge < -0.3 is 9.72 Å². The number of aryl methyl sites for hydroxylation is 1. The number of aromatic amines is 1. The van der Waals surface area contributed by atoms with E-state index >= 15 is 0 Å². The zero-order chi connectivity index (χ0) is 16.8. The Hall–Kier alpha value is -2.66. The van der Waals surface area contributed by atoms with Crippen LogP contribution in [-0.2, 0) is 0 Å². The van der Waals surface area contributed by atoms with Gasteiger partial charge >= 0.3 is 0 Å². The van der Waals surface area contributed by atoms with Crippen LogP contribution in [0.2, 0.25) is 0 Å². The molecule has 1 N–H and O–H groups in total. The van der Waals surface area contributed by atoms with Crippen LogP contribution in [0, 0.1) is 12.7 Å². The lowest BCUT2D eigenvalue weighted by molar-refractivity contribution is 0.416. The van der Waals surface area contributed by atoms with Crippen LogP contribution < -0.4 is 10.3 Å². The van der Waals surface area contributed by atoms with Crippen molar-refractivity contribution in [2.24, 2.45) is 0 Å². The van der Waals surface area contributed by atoms with Gasteiger partial charge in [0.2, 0.25) is 0 Å². The molecule has 0 spiro atoms. The predicted molar refractivity (Wildman–Crippen MR) is 96.6 cm³/mol. The smallest absolute Gasteiger partial charge is 0.266 e. The van der Waals surface area contributed by atoms with Crippen LogP contribution in [0.25, 0.3) is 32.1 Å². The van der Waals surface area contributed by atoms with Crippen LogP contribution in [0.15, 0.2) is 46.6 Å². The fraction of sp³-hybridized carbons (Fsp3) is 0.105. The van der Waals surface area contributed by atoms with Crippen molar-refractivity contribution < 1.29 is 9.13 Å². The number of ether oxygens (including phenoxy) is 1. The van der Waals surface area contributed by atoms with Crippen LogP contribution in [0.4, 0.5) is 4.39 Å². The van der Waals surface area contributed by atoms with E-state index in [0.717, 1.165) is 33.0 Å². The highest BCUT2D eigenvalue weighted by atomic mass is 32.1. The average molecular weight is 339 g/mol. The van der Waals surface area contributed by atoms with E-state index in [4.69, 9.17) is 4.74 Å². The van der Waals surface area contributed by atoms with Crippen molar-refractivity contribution >= 4 is 32.3 Å². The maximum absolute atomic E-state index is 13.8. The minimum atomic E-state index is -0.311. The van der Waals surface area contributed by atoms with Gasteiger partial charge in [0.05, 0.1) is 12.6 Å². The Bertz CT molecular complexity index is 1140. The molecule has 2 aromatic heterocycles. The average Bonchev–Trinajstić information content (AvgIpc) is 3.06. The normalized spacial score (nSPS) is 11.3. The number of hydrogen-bond donors (Lipinski definition) is 1. The minimum absolute atomic E-state index is 0.106. The van der Waals surface area contributed by atoms with Crippen LogP contribution in [0.5, 0.6) is 5.75 Å². The SMILES string of the molecule is COc1cc(C)c2[nH]c(=O)c3sccc3c2c1-c1cccc(F)c1. The van der Waals surface area contributed by atoms with Crippen molar-refractivity contribution in [1.29, 1.82) is 0 Å². The molecule has 0 saturated heterocycles. The van der Waals surface area contributed by atoms with Crippen LogP contribution in [0.1, 0.15) is 5.56 Å². The molecule has 0 atom stereocenters. The van der Waals surface area contributed by atoms with Crippen LogP contribution >= 0.6 is 11.3 Å². The fourth-order valence-electron chi connectivity index (χ4n) is 3.16. The Balaban J connectivity index is 2.28. The standard InChI is InChI=1S/C19H14FNO2S/c1-10-8-14(23-2)15(11-4-3-5-12(20)9-11)16-13-6-7-24-18(13)19(22)21-17(10)16/h3-9H,1-2H3,(H,21,22). The number of hydrogen-bond acceptors (Lipinski definition) is 3. The highest BCUT2D eigenvalue weighted by Crippen LogP contribution is 2.41. The molecule has 2 aromatic carbocycles. The van der Waals surface area contributed by atoms with Gasteiger partial charge in [0.25, 0.3) is 5.56 Å². The van der Waals surface area contributed by atoms with E-state index in [1.807, 2.05) is 30.5 Å². The molecule has 24 heavy (non-hydrogen) atoms. The molecule has 120 valence electrons. The van der Waals surface area contributed by atoms with Crippen molar-refractivity contribution in [2.75, 3.05) is 7.11 Å². The van der Waals surface area contributed by atoms with Crippen molar-refractivity contribution in [3.05, 3.63) is 63.5 Å². The lowest BCUT2D eigenvalue weighted by Crippen LogP contribution is -2.06. The van der Waals surface area contributed by atoms with Crippen molar-refractivity contribution in [2.45, 2.75) is 6.92 Å². The molecule has 4 aromatic rings. The monoisotopic (exact) mass is 339 g/mol. The lowest BCUT2D eigenvalue weighted by Gasteiger charge is -2.15. The molecule has 0 bridgehead atoms. The summed E-state index contributed by atoms with van der Waals surface area (Å²) in [5.41, 5.74) is 3.07. The van der Waals surface area contributed by atoms with Gasteiger partial charge in [0.15, 0.2) is 0 Å². The van der Waals surface area contributed by atoms with Crippen LogP contribution in [0.3, 0.4) is 0 Å². The summed E-state index contributed by atoms with van der Waals surface area (Å²) in [6.45, 7) is 1.92. The first kappa shape index (κ1) is 14.9. The third-order valence-corrected chi connectivity index (χ3v) is 5.11. The van der Waals surface area contributed by atoms with E-state index in [9.17, 15) is 9.18 Å².